The molecule has 1 aliphatic heterocycles. The SMILES string of the molecule is CCCOC(=O)CC1C(=O)NCCN1C(=O)CNc1cccc(C(=O)NCc2ccccc2)c1. The van der Waals surface area contributed by atoms with Crippen LogP contribution in [0.4, 0.5) is 5.69 Å². The van der Waals surface area contributed by atoms with Crippen molar-refractivity contribution >= 4 is 29.4 Å². The van der Waals surface area contributed by atoms with Gasteiger partial charge >= 0.3 is 5.97 Å². The Balaban J connectivity index is 1.56. The molecule has 1 atom stereocenters. The second-order valence-electron chi connectivity index (χ2n) is 7.92. The molecule has 2 aromatic rings. The number of carbonyl (C=O) groups excluding carboxylic acids is 4. The summed E-state index contributed by atoms with van der Waals surface area (Å²) in [5, 5.41) is 8.58. The second-order valence-corrected chi connectivity index (χ2v) is 7.92. The van der Waals surface area contributed by atoms with Crippen LogP contribution < -0.4 is 16.0 Å². The summed E-state index contributed by atoms with van der Waals surface area (Å²) >= 11 is 0. The van der Waals surface area contributed by atoms with Gasteiger partial charge in [0.15, 0.2) is 0 Å². The van der Waals surface area contributed by atoms with Gasteiger partial charge in [0, 0.05) is 30.9 Å². The number of esters is 1. The Morgan fingerprint density at radius 2 is 1.91 bits per heavy atom. The molecular formula is C25H30N4O5. The molecule has 9 heteroatoms. The third-order valence-corrected chi connectivity index (χ3v) is 5.34. The molecule has 3 rings (SSSR count). The molecule has 0 radical (unpaired) electrons. The average Bonchev–Trinajstić information content (AvgIpc) is 2.86. The first kappa shape index (κ1) is 24.8. The average molecular weight is 467 g/mol. The molecule has 2 aromatic carbocycles. The highest BCUT2D eigenvalue weighted by Crippen LogP contribution is 2.14. The lowest BCUT2D eigenvalue weighted by atomic mass is 10.1. The van der Waals surface area contributed by atoms with Crippen molar-refractivity contribution in [2.24, 2.45) is 0 Å². The van der Waals surface area contributed by atoms with E-state index >= 15 is 0 Å². The van der Waals surface area contributed by atoms with Gasteiger partial charge in [0.05, 0.1) is 19.6 Å². The predicted octanol–water partition coefficient (Wildman–Crippen LogP) is 1.70. The highest BCUT2D eigenvalue weighted by atomic mass is 16.5. The standard InChI is InChI=1S/C25H30N4O5/c1-2-13-34-23(31)15-21-25(33)26-11-12-29(21)22(30)17-27-20-10-6-9-19(14-20)24(32)28-16-18-7-4-3-5-8-18/h3-10,14,21,27H,2,11-13,15-17H2,1H3,(H,26,33)(H,28,32). The molecule has 1 unspecified atom stereocenters. The van der Waals surface area contributed by atoms with Gasteiger partial charge in [0.2, 0.25) is 11.8 Å². The smallest absolute Gasteiger partial charge is 0.308 e. The number of rotatable bonds is 10. The number of anilines is 1. The van der Waals surface area contributed by atoms with Gasteiger partial charge in [-0.05, 0) is 30.2 Å². The van der Waals surface area contributed by atoms with E-state index in [-0.39, 0.29) is 37.3 Å². The van der Waals surface area contributed by atoms with Crippen LogP contribution in [0.25, 0.3) is 0 Å². The molecule has 0 spiro atoms. The van der Waals surface area contributed by atoms with E-state index in [1.165, 1.54) is 4.90 Å². The number of amides is 3. The Kier molecular flexibility index (Phi) is 9.02. The minimum atomic E-state index is -0.900. The molecule has 9 nitrogen and oxygen atoms in total. The molecular weight excluding hydrogens is 436 g/mol. The fourth-order valence-corrected chi connectivity index (χ4v) is 3.58. The first-order valence-electron chi connectivity index (χ1n) is 11.4. The maximum atomic E-state index is 12.9. The second kappa shape index (κ2) is 12.4. The van der Waals surface area contributed by atoms with E-state index in [1.54, 1.807) is 24.3 Å². The van der Waals surface area contributed by atoms with Crippen molar-refractivity contribution in [1.82, 2.24) is 15.5 Å². The minimum Gasteiger partial charge on any atom is -0.466 e. The van der Waals surface area contributed by atoms with E-state index < -0.39 is 12.0 Å². The minimum absolute atomic E-state index is 0.0805. The lowest BCUT2D eigenvalue weighted by Gasteiger charge is -2.34. The van der Waals surface area contributed by atoms with Crippen molar-refractivity contribution in [3.63, 3.8) is 0 Å². The lowest BCUT2D eigenvalue weighted by Crippen LogP contribution is -2.58. The Morgan fingerprint density at radius 1 is 1.12 bits per heavy atom. The van der Waals surface area contributed by atoms with Crippen LogP contribution in [-0.2, 0) is 25.7 Å². The van der Waals surface area contributed by atoms with Crippen molar-refractivity contribution < 1.29 is 23.9 Å². The van der Waals surface area contributed by atoms with Crippen LogP contribution in [0.1, 0.15) is 35.7 Å². The van der Waals surface area contributed by atoms with Crippen LogP contribution >= 0.6 is 0 Å². The fourth-order valence-electron chi connectivity index (χ4n) is 3.58. The number of nitrogens with zero attached hydrogens (tertiary/aromatic N) is 1. The molecule has 1 saturated heterocycles. The van der Waals surface area contributed by atoms with Crippen molar-refractivity contribution in [2.45, 2.75) is 32.4 Å². The van der Waals surface area contributed by atoms with Crippen LogP contribution in [0, 0.1) is 0 Å². The van der Waals surface area contributed by atoms with Crippen LogP contribution in [0.3, 0.4) is 0 Å². The van der Waals surface area contributed by atoms with Crippen LogP contribution in [0.5, 0.6) is 0 Å². The van der Waals surface area contributed by atoms with Gasteiger partial charge in [-0.3, -0.25) is 19.2 Å². The van der Waals surface area contributed by atoms with Crippen LogP contribution in [-0.4, -0.2) is 60.9 Å². The summed E-state index contributed by atoms with van der Waals surface area (Å²) in [7, 11) is 0. The fraction of sp³-hybridized carbons (Fsp3) is 0.360. The molecule has 1 aliphatic rings. The van der Waals surface area contributed by atoms with Gasteiger partial charge in [-0.15, -0.1) is 0 Å². The molecule has 180 valence electrons. The number of piperazine rings is 1. The molecule has 0 saturated carbocycles. The quantitative estimate of drug-likeness (QED) is 0.459. The summed E-state index contributed by atoms with van der Waals surface area (Å²) < 4.78 is 5.07. The van der Waals surface area contributed by atoms with Gasteiger partial charge in [-0.25, -0.2) is 0 Å². The van der Waals surface area contributed by atoms with Crippen molar-refractivity contribution in [1.29, 1.82) is 0 Å². The van der Waals surface area contributed by atoms with Gasteiger partial charge in [-0.1, -0.05) is 43.3 Å². The summed E-state index contributed by atoms with van der Waals surface area (Å²) in [6, 6.07) is 15.5. The first-order chi connectivity index (χ1) is 16.5. The molecule has 0 bridgehead atoms. The van der Waals surface area contributed by atoms with E-state index in [1.807, 2.05) is 37.3 Å². The Labute approximate surface area is 198 Å². The maximum absolute atomic E-state index is 12.9. The predicted molar refractivity (Wildman–Crippen MR) is 127 cm³/mol. The van der Waals surface area contributed by atoms with E-state index in [4.69, 9.17) is 4.74 Å². The Bertz CT molecular complexity index is 1010. The maximum Gasteiger partial charge on any atom is 0.308 e. The monoisotopic (exact) mass is 466 g/mol. The molecule has 0 aliphatic carbocycles. The highest BCUT2D eigenvalue weighted by Gasteiger charge is 2.34. The summed E-state index contributed by atoms with van der Waals surface area (Å²) in [6.07, 6.45) is 0.493. The summed E-state index contributed by atoms with van der Waals surface area (Å²) in [5.74, 6) is -1.42. The van der Waals surface area contributed by atoms with Crippen LogP contribution in [0.2, 0.25) is 0 Å². The van der Waals surface area contributed by atoms with Gasteiger partial charge in [-0.2, -0.15) is 0 Å². The number of nitrogens with one attached hydrogen (secondary N) is 3. The first-order valence-corrected chi connectivity index (χ1v) is 11.4. The summed E-state index contributed by atoms with van der Waals surface area (Å²) in [6.45, 7) is 3.11. The number of ether oxygens (including phenoxy) is 1. The molecule has 34 heavy (non-hydrogen) atoms. The summed E-state index contributed by atoms with van der Waals surface area (Å²) in [5.41, 5.74) is 2.05. The van der Waals surface area contributed by atoms with Crippen LogP contribution in [0.15, 0.2) is 54.6 Å². The number of hydrogen-bond acceptors (Lipinski definition) is 6. The van der Waals surface area contributed by atoms with Crippen molar-refractivity contribution in [3.8, 4) is 0 Å². The molecule has 1 heterocycles. The number of hydrogen-bond donors (Lipinski definition) is 3. The topological polar surface area (TPSA) is 117 Å². The molecule has 3 amide bonds. The number of carbonyl (C=O) groups is 4. The van der Waals surface area contributed by atoms with Gasteiger partial charge in [0.25, 0.3) is 5.91 Å². The van der Waals surface area contributed by atoms with E-state index in [2.05, 4.69) is 16.0 Å². The van der Waals surface area contributed by atoms with E-state index in [9.17, 15) is 19.2 Å². The molecule has 3 N–H and O–H groups in total. The molecule has 1 fully saturated rings. The zero-order valence-electron chi connectivity index (χ0n) is 19.2. The highest BCUT2D eigenvalue weighted by molar-refractivity contribution is 5.95. The number of benzene rings is 2. The normalized spacial score (nSPS) is 15.3. The summed E-state index contributed by atoms with van der Waals surface area (Å²) in [4.78, 5) is 51.1. The van der Waals surface area contributed by atoms with E-state index in [0.29, 0.717) is 37.3 Å². The third-order valence-electron chi connectivity index (χ3n) is 5.34. The van der Waals surface area contributed by atoms with Crippen molar-refractivity contribution in [2.75, 3.05) is 31.6 Å². The van der Waals surface area contributed by atoms with Gasteiger partial charge < -0.3 is 25.6 Å². The van der Waals surface area contributed by atoms with E-state index in [0.717, 1.165) is 5.56 Å². The Morgan fingerprint density at radius 3 is 2.68 bits per heavy atom. The van der Waals surface area contributed by atoms with Crippen molar-refractivity contribution in [3.05, 3.63) is 65.7 Å². The zero-order valence-corrected chi connectivity index (χ0v) is 19.2. The zero-order chi connectivity index (χ0) is 24.3. The Hall–Kier alpha value is -3.88. The third kappa shape index (κ3) is 7.06. The molecule has 0 aromatic heterocycles. The van der Waals surface area contributed by atoms with Gasteiger partial charge in [0.1, 0.15) is 6.04 Å². The largest absolute Gasteiger partial charge is 0.466 e. The lowest BCUT2D eigenvalue weighted by molar-refractivity contribution is -0.151.